The number of hydrogen-bond donors (Lipinski definition) is 0. The molecule has 0 heterocycles. The van der Waals surface area contributed by atoms with Crippen molar-refractivity contribution in [2.45, 2.75) is 24.2 Å². The predicted octanol–water partition coefficient (Wildman–Crippen LogP) is 1.52. The Morgan fingerprint density at radius 2 is 2.05 bits per heavy atom. The van der Waals surface area contributed by atoms with Crippen LogP contribution >= 0.6 is 0 Å². The first-order valence-corrected chi connectivity index (χ1v) is 7.69. The molecule has 0 atom stereocenters. The zero-order chi connectivity index (χ0) is 14.2. The van der Waals surface area contributed by atoms with Gasteiger partial charge in [-0.05, 0) is 18.9 Å². The number of sulfone groups is 1. The number of benzene rings is 1. The third-order valence-electron chi connectivity index (χ3n) is 3.06. The molecule has 1 aromatic rings. The lowest BCUT2D eigenvalue weighted by atomic mass is 10.0. The molecule has 0 aliphatic heterocycles. The topological polar surface area (TPSA) is 94.3 Å². The minimum absolute atomic E-state index is 0.0125. The molecule has 0 N–H and O–H groups in total. The van der Waals surface area contributed by atoms with Crippen molar-refractivity contribution in [3.8, 4) is 0 Å². The SMILES string of the molecule is CS(=O)(=O)c1cccc(CC(=O)C2CC2)c1[N+](=O)[O-]. The Labute approximate surface area is 110 Å². The van der Waals surface area contributed by atoms with Crippen LogP contribution in [-0.2, 0) is 21.1 Å². The molecule has 19 heavy (non-hydrogen) atoms. The molecule has 1 aromatic carbocycles. The van der Waals surface area contributed by atoms with E-state index in [9.17, 15) is 23.3 Å². The normalized spacial score (nSPS) is 15.2. The lowest BCUT2D eigenvalue weighted by Gasteiger charge is -2.06. The van der Waals surface area contributed by atoms with Crippen LogP contribution in [-0.4, -0.2) is 25.4 Å². The van der Waals surface area contributed by atoms with E-state index in [4.69, 9.17) is 0 Å². The van der Waals surface area contributed by atoms with Gasteiger partial charge in [-0.2, -0.15) is 0 Å². The number of nitrogens with zero attached hydrogens (tertiary/aromatic N) is 1. The molecule has 0 spiro atoms. The minimum atomic E-state index is -3.69. The quantitative estimate of drug-likeness (QED) is 0.603. The fourth-order valence-corrected chi connectivity index (χ4v) is 2.84. The zero-order valence-corrected chi connectivity index (χ0v) is 11.1. The summed E-state index contributed by atoms with van der Waals surface area (Å²) in [4.78, 5) is 21.8. The van der Waals surface area contributed by atoms with Gasteiger partial charge in [-0.3, -0.25) is 14.9 Å². The standard InChI is InChI=1S/C12H13NO5S/c1-19(17,18)11-4-2-3-9(12(11)13(15)16)7-10(14)8-5-6-8/h2-4,8H,5-7H2,1H3. The number of carbonyl (C=O) groups excluding carboxylic acids is 1. The van der Waals surface area contributed by atoms with Crippen LogP contribution < -0.4 is 0 Å². The lowest BCUT2D eigenvalue weighted by molar-refractivity contribution is -0.388. The van der Waals surface area contributed by atoms with Gasteiger partial charge in [0, 0.05) is 24.2 Å². The number of nitro benzene ring substituents is 1. The van der Waals surface area contributed by atoms with Crippen molar-refractivity contribution in [1.29, 1.82) is 0 Å². The van der Waals surface area contributed by atoms with E-state index in [1.165, 1.54) is 18.2 Å². The fourth-order valence-electron chi connectivity index (χ4n) is 1.95. The molecule has 7 heteroatoms. The highest BCUT2D eigenvalue weighted by atomic mass is 32.2. The summed E-state index contributed by atoms with van der Waals surface area (Å²) in [5, 5.41) is 11.1. The van der Waals surface area contributed by atoms with Gasteiger partial charge in [0.15, 0.2) is 9.84 Å². The summed E-state index contributed by atoms with van der Waals surface area (Å²) in [5.41, 5.74) is -0.302. The van der Waals surface area contributed by atoms with Gasteiger partial charge in [-0.25, -0.2) is 8.42 Å². The van der Waals surface area contributed by atoms with Crippen LogP contribution in [0.15, 0.2) is 23.1 Å². The molecule has 1 aliphatic rings. The largest absolute Gasteiger partial charge is 0.299 e. The van der Waals surface area contributed by atoms with Crippen molar-refractivity contribution in [1.82, 2.24) is 0 Å². The van der Waals surface area contributed by atoms with Crippen LogP contribution in [0.25, 0.3) is 0 Å². The van der Waals surface area contributed by atoms with Crippen LogP contribution in [0.4, 0.5) is 5.69 Å². The molecule has 1 aliphatic carbocycles. The maximum Gasteiger partial charge on any atom is 0.291 e. The molecule has 2 rings (SSSR count). The summed E-state index contributed by atoms with van der Waals surface area (Å²) in [6, 6.07) is 4.06. The highest BCUT2D eigenvalue weighted by Gasteiger charge is 2.32. The van der Waals surface area contributed by atoms with E-state index in [-0.39, 0.29) is 28.6 Å². The molecule has 0 bridgehead atoms. The molecule has 6 nitrogen and oxygen atoms in total. The molecule has 1 fully saturated rings. The van der Waals surface area contributed by atoms with Gasteiger partial charge in [0.05, 0.1) is 4.92 Å². The fraction of sp³-hybridized carbons (Fsp3) is 0.417. The van der Waals surface area contributed by atoms with Crippen molar-refractivity contribution < 1.29 is 18.1 Å². The molecule has 0 radical (unpaired) electrons. The number of rotatable bonds is 5. The van der Waals surface area contributed by atoms with E-state index in [1.54, 1.807) is 0 Å². The summed E-state index contributed by atoms with van der Waals surface area (Å²) < 4.78 is 23.1. The average Bonchev–Trinajstić information content (AvgIpc) is 3.10. The van der Waals surface area contributed by atoms with Gasteiger partial charge in [-0.15, -0.1) is 0 Å². The predicted molar refractivity (Wildman–Crippen MR) is 67.6 cm³/mol. The first-order valence-electron chi connectivity index (χ1n) is 5.79. The summed E-state index contributed by atoms with van der Waals surface area (Å²) in [6.07, 6.45) is 2.48. The second kappa shape index (κ2) is 4.73. The minimum Gasteiger partial charge on any atom is -0.299 e. The molecule has 102 valence electrons. The van der Waals surface area contributed by atoms with Crippen molar-refractivity contribution in [2.24, 2.45) is 5.92 Å². The first kappa shape index (κ1) is 13.7. The second-order valence-corrected chi connectivity index (χ2v) is 6.69. The van der Waals surface area contributed by atoms with E-state index in [0.29, 0.717) is 0 Å². The van der Waals surface area contributed by atoms with Crippen molar-refractivity contribution in [3.63, 3.8) is 0 Å². The molecule has 0 aromatic heterocycles. The Bertz CT molecular complexity index is 646. The molecule has 0 unspecified atom stereocenters. The Hall–Kier alpha value is -1.76. The number of carbonyl (C=O) groups is 1. The van der Waals surface area contributed by atoms with Crippen molar-refractivity contribution >= 4 is 21.3 Å². The van der Waals surface area contributed by atoms with E-state index in [1.807, 2.05) is 0 Å². The number of Topliss-reactive ketones (excluding diaryl/α,β-unsaturated/α-hetero) is 1. The summed E-state index contributed by atoms with van der Waals surface area (Å²) in [5.74, 6) is -0.0738. The lowest BCUT2D eigenvalue weighted by Crippen LogP contribution is -2.10. The van der Waals surface area contributed by atoms with Gasteiger partial charge in [0.25, 0.3) is 5.69 Å². The number of ketones is 1. The first-order chi connectivity index (χ1) is 8.80. The third kappa shape index (κ3) is 2.98. The summed E-state index contributed by atoms with van der Waals surface area (Å²) >= 11 is 0. The summed E-state index contributed by atoms with van der Waals surface area (Å²) in [7, 11) is -3.69. The third-order valence-corrected chi connectivity index (χ3v) is 4.19. The van der Waals surface area contributed by atoms with Crippen LogP contribution in [0.1, 0.15) is 18.4 Å². The zero-order valence-electron chi connectivity index (χ0n) is 10.3. The van der Waals surface area contributed by atoms with E-state index < -0.39 is 20.4 Å². The molecule has 0 saturated heterocycles. The van der Waals surface area contributed by atoms with Crippen LogP contribution in [0.2, 0.25) is 0 Å². The molecule has 1 saturated carbocycles. The van der Waals surface area contributed by atoms with Crippen molar-refractivity contribution in [2.75, 3.05) is 6.26 Å². The molecular formula is C12H13NO5S. The van der Waals surface area contributed by atoms with Gasteiger partial charge >= 0.3 is 0 Å². The van der Waals surface area contributed by atoms with E-state index in [0.717, 1.165) is 19.1 Å². The van der Waals surface area contributed by atoms with Crippen LogP contribution in [0.3, 0.4) is 0 Å². The highest BCUT2D eigenvalue weighted by molar-refractivity contribution is 7.90. The molecular weight excluding hydrogens is 270 g/mol. The van der Waals surface area contributed by atoms with Gasteiger partial charge in [0.2, 0.25) is 0 Å². The van der Waals surface area contributed by atoms with Gasteiger partial charge in [-0.1, -0.05) is 12.1 Å². The Morgan fingerprint density at radius 3 is 2.53 bits per heavy atom. The maximum absolute atomic E-state index is 11.7. The molecule has 0 amide bonds. The number of hydrogen-bond acceptors (Lipinski definition) is 5. The smallest absolute Gasteiger partial charge is 0.291 e. The Balaban J connectivity index is 2.48. The Morgan fingerprint density at radius 1 is 1.42 bits per heavy atom. The monoisotopic (exact) mass is 283 g/mol. The van der Waals surface area contributed by atoms with Crippen LogP contribution in [0, 0.1) is 16.0 Å². The van der Waals surface area contributed by atoms with E-state index in [2.05, 4.69) is 0 Å². The van der Waals surface area contributed by atoms with Crippen LogP contribution in [0.5, 0.6) is 0 Å². The average molecular weight is 283 g/mol. The maximum atomic E-state index is 11.7. The van der Waals surface area contributed by atoms with E-state index >= 15 is 0 Å². The Kier molecular flexibility index (Phi) is 3.40. The highest BCUT2D eigenvalue weighted by Crippen LogP contribution is 2.34. The van der Waals surface area contributed by atoms with Crippen molar-refractivity contribution in [3.05, 3.63) is 33.9 Å². The van der Waals surface area contributed by atoms with Gasteiger partial charge < -0.3 is 0 Å². The second-order valence-electron chi connectivity index (χ2n) is 4.71. The number of nitro groups is 1. The number of para-hydroxylation sites is 1. The summed E-state index contributed by atoms with van der Waals surface area (Å²) in [6.45, 7) is 0. The van der Waals surface area contributed by atoms with Gasteiger partial charge in [0.1, 0.15) is 10.7 Å².